The number of aromatic nitrogens is 2. The number of rotatable bonds is 4. The molecule has 1 aromatic heterocycles. The Hall–Kier alpha value is -3.23. The first-order valence-corrected chi connectivity index (χ1v) is 9.38. The zero-order chi connectivity index (χ0) is 17.9. The largest absolute Gasteiger partial charge is 0.293 e. The number of thioether (sulfide) groups is 1. The molecule has 26 heavy (non-hydrogen) atoms. The first-order chi connectivity index (χ1) is 12.8. The SMILES string of the molecule is CSc1cccc(-c2cc(Nn3cnc4ccccc43)ccc2C#N)c1. The number of hydrogen-bond donors (Lipinski definition) is 1. The van der Waals surface area contributed by atoms with Gasteiger partial charge in [-0.15, -0.1) is 11.8 Å². The van der Waals surface area contributed by atoms with Gasteiger partial charge in [0.2, 0.25) is 0 Å². The van der Waals surface area contributed by atoms with Crippen molar-refractivity contribution >= 4 is 28.5 Å². The highest BCUT2D eigenvalue weighted by Gasteiger charge is 2.08. The second-order valence-corrected chi connectivity index (χ2v) is 6.70. The van der Waals surface area contributed by atoms with Crippen LogP contribution in [0, 0.1) is 11.3 Å². The summed E-state index contributed by atoms with van der Waals surface area (Å²) in [5, 5.41) is 9.50. The number of para-hydroxylation sites is 2. The fraction of sp³-hybridized carbons (Fsp3) is 0.0476. The van der Waals surface area contributed by atoms with Crippen LogP contribution in [-0.2, 0) is 0 Å². The third kappa shape index (κ3) is 3.03. The minimum absolute atomic E-state index is 0.657. The van der Waals surface area contributed by atoms with Crippen molar-refractivity contribution in [3.05, 3.63) is 78.6 Å². The molecule has 0 aliphatic rings. The lowest BCUT2D eigenvalue weighted by molar-refractivity contribution is 0.989. The average Bonchev–Trinajstić information content (AvgIpc) is 3.11. The minimum Gasteiger partial charge on any atom is -0.293 e. The molecule has 3 aromatic carbocycles. The normalized spacial score (nSPS) is 10.6. The van der Waals surface area contributed by atoms with Gasteiger partial charge in [0.25, 0.3) is 0 Å². The Bertz CT molecular complexity index is 1120. The van der Waals surface area contributed by atoms with Crippen molar-refractivity contribution in [1.29, 1.82) is 5.26 Å². The van der Waals surface area contributed by atoms with E-state index in [1.54, 1.807) is 18.1 Å². The molecule has 0 spiro atoms. The highest BCUT2D eigenvalue weighted by molar-refractivity contribution is 7.98. The Balaban J connectivity index is 1.75. The van der Waals surface area contributed by atoms with Gasteiger partial charge in [-0.2, -0.15) is 5.26 Å². The van der Waals surface area contributed by atoms with Crippen LogP contribution in [0.5, 0.6) is 0 Å². The Labute approximate surface area is 156 Å². The van der Waals surface area contributed by atoms with E-state index < -0.39 is 0 Å². The smallest absolute Gasteiger partial charge is 0.116 e. The molecule has 0 fully saturated rings. The molecule has 4 rings (SSSR count). The molecular formula is C21H16N4S. The first kappa shape index (κ1) is 16.2. The number of hydrogen-bond acceptors (Lipinski definition) is 4. The van der Waals surface area contributed by atoms with Crippen LogP contribution in [0.15, 0.2) is 78.0 Å². The van der Waals surface area contributed by atoms with Gasteiger partial charge < -0.3 is 0 Å². The van der Waals surface area contributed by atoms with Crippen molar-refractivity contribution in [2.24, 2.45) is 0 Å². The third-order valence-corrected chi connectivity index (χ3v) is 4.95. The summed E-state index contributed by atoms with van der Waals surface area (Å²) in [6, 6.07) is 24.2. The van der Waals surface area contributed by atoms with Crippen LogP contribution in [0.2, 0.25) is 0 Å². The lowest BCUT2D eigenvalue weighted by Crippen LogP contribution is -2.07. The number of anilines is 1. The molecule has 0 atom stereocenters. The van der Waals surface area contributed by atoms with E-state index >= 15 is 0 Å². The number of nitrogens with one attached hydrogen (secondary N) is 1. The van der Waals surface area contributed by atoms with Gasteiger partial charge >= 0.3 is 0 Å². The van der Waals surface area contributed by atoms with Crippen LogP contribution >= 0.6 is 11.8 Å². The van der Waals surface area contributed by atoms with Gasteiger partial charge in [0, 0.05) is 10.5 Å². The number of benzene rings is 3. The molecule has 4 aromatic rings. The minimum atomic E-state index is 0.657. The third-order valence-electron chi connectivity index (χ3n) is 4.22. The van der Waals surface area contributed by atoms with Crippen LogP contribution in [0.25, 0.3) is 22.2 Å². The number of imidazole rings is 1. The monoisotopic (exact) mass is 356 g/mol. The van der Waals surface area contributed by atoms with E-state index in [0.29, 0.717) is 5.56 Å². The topological polar surface area (TPSA) is 53.6 Å². The van der Waals surface area contributed by atoms with Crippen LogP contribution in [0.3, 0.4) is 0 Å². The predicted molar refractivity (Wildman–Crippen MR) is 107 cm³/mol. The highest BCUT2D eigenvalue weighted by atomic mass is 32.2. The summed E-state index contributed by atoms with van der Waals surface area (Å²) in [6.07, 6.45) is 3.81. The van der Waals surface area contributed by atoms with Gasteiger partial charge in [-0.1, -0.05) is 24.3 Å². The summed E-state index contributed by atoms with van der Waals surface area (Å²) >= 11 is 1.69. The fourth-order valence-corrected chi connectivity index (χ4v) is 3.39. The summed E-state index contributed by atoms with van der Waals surface area (Å²) in [4.78, 5) is 5.57. The summed E-state index contributed by atoms with van der Waals surface area (Å²) < 4.78 is 1.89. The molecule has 0 aliphatic carbocycles. The van der Waals surface area contributed by atoms with E-state index in [2.05, 4.69) is 28.6 Å². The second-order valence-electron chi connectivity index (χ2n) is 5.82. The van der Waals surface area contributed by atoms with Crippen LogP contribution in [0.1, 0.15) is 5.56 Å². The van der Waals surface area contributed by atoms with E-state index in [1.165, 1.54) is 4.90 Å². The molecule has 0 saturated heterocycles. The van der Waals surface area contributed by atoms with Crippen molar-refractivity contribution in [2.45, 2.75) is 4.90 Å². The predicted octanol–water partition coefficient (Wildman–Crippen LogP) is 5.17. The first-order valence-electron chi connectivity index (χ1n) is 8.16. The highest BCUT2D eigenvalue weighted by Crippen LogP contribution is 2.29. The van der Waals surface area contributed by atoms with Gasteiger partial charge in [0.15, 0.2) is 0 Å². The molecule has 0 bridgehead atoms. The average molecular weight is 356 g/mol. The van der Waals surface area contributed by atoms with E-state index in [1.807, 2.05) is 65.5 Å². The van der Waals surface area contributed by atoms with Crippen molar-refractivity contribution in [2.75, 3.05) is 11.7 Å². The Morgan fingerprint density at radius 3 is 2.77 bits per heavy atom. The second kappa shape index (κ2) is 6.95. The van der Waals surface area contributed by atoms with E-state index in [9.17, 15) is 5.26 Å². The molecule has 0 unspecified atom stereocenters. The maximum Gasteiger partial charge on any atom is 0.116 e. The number of fused-ring (bicyclic) bond motifs is 1. The van der Waals surface area contributed by atoms with Crippen LogP contribution < -0.4 is 5.43 Å². The lowest BCUT2D eigenvalue weighted by atomic mass is 10.00. The number of nitriles is 1. The molecule has 1 N–H and O–H groups in total. The maximum absolute atomic E-state index is 9.50. The van der Waals surface area contributed by atoms with Crippen molar-refractivity contribution in [3.8, 4) is 17.2 Å². The quantitative estimate of drug-likeness (QED) is 0.512. The van der Waals surface area contributed by atoms with Gasteiger partial charge in [0.05, 0.1) is 28.4 Å². The van der Waals surface area contributed by atoms with Crippen molar-refractivity contribution in [1.82, 2.24) is 9.66 Å². The Morgan fingerprint density at radius 2 is 1.92 bits per heavy atom. The van der Waals surface area contributed by atoms with Crippen LogP contribution in [-0.4, -0.2) is 15.9 Å². The van der Waals surface area contributed by atoms with Gasteiger partial charge in [-0.05, 0) is 54.3 Å². The lowest BCUT2D eigenvalue weighted by Gasteiger charge is -2.12. The summed E-state index contributed by atoms with van der Waals surface area (Å²) in [5.74, 6) is 0. The molecule has 0 aliphatic heterocycles. The number of nitrogens with zero attached hydrogens (tertiary/aromatic N) is 3. The van der Waals surface area contributed by atoms with Crippen molar-refractivity contribution in [3.63, 3.8) is 0 Å². The van der Waals surface area contributed by atoms with Gasteiger partial charge in [-0.25, -0.2) is 9.66 Å². The zero-order valence-corrected chi connectivity index (χ0v) is 15.0. The van der Waals surface area contributed by atoms with Crippen LogP contribution in [0.4, 0.5) is 5.69 Å². The molecule has 1 heterocycles. The molecule has 126 valence electrons. The summed E-state index contributed by atoms with van der Waals surface area (Å²) in [7, 11) is 0. The summed E-state index contributed by atoms with van der Waals surface area (Å²) in [6.45, 7) is 0. The Kier molecular flexibility index (Phi) is 4.34. The van der Waals surface area contributed by atoms with E-state index in [-0.39, 0.29) is 0 Å². The molecule has 5 heteroatoms. The molecule has 0 amide bonds. The van der Waals surface area contributed by atoms with E-state index in [4.69, 9.17) is 0 Å². The van der Waals surface area contributed by atoms with Gasteiger partial charge in [0.1, 0.15) is 6.33 Å². The zero-order valence-electron chi connectivity index (χ0n) is 14.2. The molecule has 0 radical (unpaired) electrons. The maximum atomic E-state index is 9.50. The standard InChI is InChI=1S/C21H16N4S/c1-26-18-6-4-5-15(11-18)19-12-17(10-9-16(19)13-22)24-25-14-23-20-7-2-3-8-21(20)25/h2-12,14,24H,1H3. The summed E-state index contributed by atoms with van der Waals surface area (Å²) in [5.41, 5.74) is 8.80. The molecular weight excluding hydrogens is 340 g/mol. The fourth-order valence-electron chi connectivity index (χ4n) is 2.93. The molecule has 0 saturated carbocycles. The van der Waals surface area contributed by atoms with Crippen molar-refractivity contribution < 1.29 is 0 Å². The van der Waals surface area contributed by atoms with Gasteiger partial charge in [-0.3, -0.25) is 5.43 Å². The Morgan fingerprint density at radius 1 is 1.04 bits per heavy atom. The van der Waals surface area contributed by atoms with E-state index in [0.717, 1.165) is 27.8 Å². The molecule has 4 nitrogen and oxygen atoms in total.